The second-order valence-electron chi connectivity index (χ2n) is 4.18. The molecular formula is C11H16N2O3S. The summed E-state index contributed by atoms with van der Waals surface area (Å²) in [5, 5.41) is 9.69. The molecule has 1 saturated heterocycles. The van der Waals surface area contributed by atoms with E-state index in [9.17, 15) is 13.5 Å². The smallest absolute Gasteiger partial charge is 0.260 e. The zero-order valence-corrected chi connectivity index (χ0v) is 10.3. The Morgan fingerprint density at radius 1 is 1.35 bits per heavy atom. The molecule has 1 aromatic rings. The highest BCUT2D eigenvalue weighted by atomic mass is 32.2. The maximum atomic E-state index is 12.2. The highest BCUT2D eigenvalue weighted by Crippen LogP contribution is 2.18. The molecule has 1 N–H and O–H groups in total. The first-order valence-corrected chi connectivity index (χ1v) is 7.14. The van der Waals surface area contributed by atoms with Crippen molar-refractivity contribution >= 4 is 10.0 Å². The fraction of sp³-hybridized carbons (Fsp3) is 0.545. The van der Waals surface area contributed by atoms with Crippen molar-refractivity contribution < 1.29 is 13.5 Å². The topological polar surface area (TPSA) is 70.5 Å². The van der Waals surface area contributed by atoms with Gasteiger partial charge in [-0.3, -0.25) is 0 Å². The fourth-order valence-corrected chi connectivity index (χ4v) is 3.38. The van der Waals surface area contributed by atoms with Gasteiger partial charge < -0.3 is 5.11 Å². The van der Waals surface area contributed by atoms with E-state index in [-0.39, 0.29) is 11.6 Å². The third-order valence-electron chi connectivity index (χ3n) is 2.85. The van der Waals surface area contributed by atoms with E-state index in [1.165, 1.54) is 16.6 Å². The van der Waals surface area contributed by atoms with Crippen molar-refractivity contribution in [3.63, 3.8) is 0 Å². The van der Waals surface area contributed by atoms with E-state index in [1.54, 1.807) is 12.1 Å². The van der Waals surface area contributed by atoms with Crippen LogP contribution in [0.5, 0.6) is 0 Å². The molecule has 0 aliphatic carbocycles. The first-order valence-electron chi connectivity index (χ1n) is 5.70. The van der Waals surface area contributed by atoms with E-state index in [1.807, 2.05) is 0 Å². The third kappa shape index (κ3) is 2.83. The van der Waals surface area contributed by atoms with Crippen LogP contribution in [-0.2, 0) is 10.0 Å². The fourth-order valence-electron chi connectivity index (χ4n) is 1.94. The van der Waals surface area contributed by atoms with Crippen molar-refractivity contribution in [3.8, 4) is 0 Å². The molecule has 1 fully saturated rings. The lowest BCUT2D eigenvalue weighted by Crippen LogP contribution is -2.36. The van der Waals surface area contributed by atoms with Crippen LogP contribution in [0.1, 0.15) is 19.3 Å². The van der Waals surface area contributed by atoms with Gasteiger partial charge in [0.1, 0.15) is 0 Å². The van der Waals surface area contributed by atoms with Gasteiger partial charge in [-0.15, -0.1) is 0 Å². The van der Waals surface area contributed by atoms with Gasteiger partial charge in [0.05, 0.1) is 6.10 Å². The van der Waals surface area contributed by atoms with Gasteiger partial charge in [-0.05, 0) is 31.4 Å². The van der Waals surface area contributed by atoms with Crippen molar-refractivity contribution in [3.05, 3.63) is 24.4 Å². The lowest BCUT2D eigenvalue weighted by molar-refractivity contribution is 0.148. The molecule has 1 atom stereocenters. The number of pyridine rings is 1. The number of aliphatic hydroxyl groups excluding tert-OH is 1. The van der Waals surface area contributed by atoms with E-state index in [0.717, 1.165) is 12.8 Å². The molecule has 1 aliphatic heterocycles. The largest absolute Gasteiger partial charge is 0.392 e. The highest BCUT2D eigenvalue weighted by molar-refractivity contribution is 7.89. The minimum absolute atomic E-state index is 0.0501. The number of aromatic nitrogens is 1. The van der Waals surface area contributed by atoms with Crippen LogP contribution in [0.4, 0.5) is 0 Å². The van der Waals surface area contributed by atoms with Crippen molar-refractivity contribution in [1.29, 1.82) is 0 Å². The Morgan fingerprint density at radius 3 is 2.88 bits per heavy atom. The Hall–Kier alpha value is -0.980. The van der Waals surface area contributed by atoms with Gasteiger partial charge in [-0.2, -0.15) is 4.31 Å². The SMILES string of the molecule is O=S(=O)(c1ccccn1)N1CCCCC(O)C1. The standard InChI is InChI=1S/C11H16N2O3S/c14-10-5-2-4-8-13(9-10)17(15,16)11-6-1-3-7-12-11/h1,3,6-7,10,14H,2,4-5,8-9H2. The normalized spacial score (nSPS) is 23.2. The summed E-state index contributed by atoms with van der Waals surface area (Å²) in [7, 11) is -3.56. The summed E-state index contributed by atoms with van der Waals surface area (Å²) in [4.78, 5) is 3.87. The van der Waals surface area contributed by atoms with Gasteiger partial charge in [-0.1, -0.05) is 6.07 Å². The van der Waals surface area contributed by atoms with Crippen molar-refractivity contribution in [2.75, 3.05) is 13.1 Å². The van der Waals surface area contributed by atoms with Gasteiger partial charge in [0.2, 0.25) is 0 Å². The van der Waals surface area contributed by atoms with Gasteiger partial charge in [0.15, 0.2) is 5.03 Å². The van der Waals surface area contributed by atoms with E-state index < -0.39 is 16.1 Å². The summed E-state index contributed by atoms with van der Waals surface area (Å²) in [5.74, 6) is 0. The highest BCUT2D eigenvalue weighted by Gasteiger charge is 2.28. The summed E-state index contributed by atoms with van der Waals surface area (Å²) in [5.41, 5.74) is 0. The van der Waals surface area contributed by atoms with Crippen LogP contribution in [0.3, 0.4) is 0 Å². The molecule has 1 unspecified atom stereocenters. The Balaban J connectivity index is 2.26. The number of nitrogens with zero attached hydrogens (tertiary/aromatic N) is 2. The lowest BCUT2D eigenvalue weighted by atomic mass is 10.2. The van der Waals surface area contributed by atoms with Crippen LogP contribution < -0.4 is 0 Å². The second kappa shape index (κ2) is 5.12. The van der Waals surface area contributed by atoms with E-state index >= 15 is 0 Å². The molecule has 6 heteroatoms. The van der Waals surface area contributed by atoms with Crippen LogP contribution in [0.25, 0.3) is 0 Å². The summed E-state index contributed by atoms with van der Waals surface area (Å²) in [6.45, 7) is 0.620. The summed E-state index contributed by atoms with van der Waals surface area (Å²) >= 11 is 0. The predicted octanol–water partition coefficient (Wildman–Crippen LogP) is 0.617. The predicted molar refractivity (Wildman–Crippen MR) is 62.9 cm³/mol. The average molecular weight is 256 g/mol. The molecule has 0 amide bonds. The minimum Gasteiger partial charge on any atom is -0.392 e. The molecule has 94 valence electrons. The summed E-state index contributed by atoms with van der Waals surface area (Å²) in [6.07, 6.45) is 3.18. The van der Waals surface area contributed by atoms with Gasteiger partial charge in [0, 0.05) is 19.3 Å². The molecule has 0 bridgehead atoms. The van der Waals surface area contributed by atoms with Crippen LogP contribution in [0.15, 0.2) is 29.4 Å². The molecule has 2 heterocycles. The number of β-amino-alcohol motifs (C(OH)–C–C–N with tert-alkyl or cyclic N) is 1. The van der Waals surface area contributed by atoms with E-state index in [2.05, 4.69) is 4.98 Å². The average Bonchev–Trinajstić information content (AvgIpc) is 2.55. The van der Waals surface area contributed by atoms with Gasteiger partial charge in [0.25, 0.3) is 10.0 Å². The first kappa shape index (κ1) is 12.5. The van der Waals surface area contributed by atoms with Crippen molar-refractivity contribution in [2.24, 2.45) is 0 Å². The van der Waals surface area contributed by atoms with E-state index in [0.29, 0.717) is 13.0 Å². The third-order valence-corrected chi connectivity index (χ3v) is 4.63. The number of hydrogen-bond acceptors (Lipinski definition) is 4. The van der Waals surface area contributed by atoms with Crippen LogP contribution in [0, 0.1) is 0 Å². The molecule has 5 nitrogen and oxygen atoms in total. The second-order valence-corrected chi connectivity index (χ2v) is 6.07. The number of rotatable bonds is 2. The van der Waals surface area contributed by atoms with Crippen molar-refractivity contribution in [2.45, 2.75) is 30.4 Å². The number of hydrogen-bond donors (Lipinski definition) is 1. The Morgan fingerprint density at radius 2 is 2.18 bits per heavy atom. The first-order chi connectivity index (χ1) is 8.10. The monoisotopic (exact) mass is 256 g/mol. The zero-order chi connectivity index (χ0) is 12.3. The van der Waals surface area contributed by atoms with Crippen LogP contribution >= 0.6 is 0 Å². The molecule has 2 rings (SSSR count). The minimum atomic E-state index is -3.56. The molecular weight excluding hydrogens is 240 g/mol. The quantitative estimate of drug-likeness (QED) is 0.842. The molecule has 1 aliphatic rings. The number of aliphatic hydroxyl groups is 1. The maximum absolute atomic E-state index is 12.2. The summed E-state index contributed by atoms with van der Waals surface area (Å²) < 4.78 is 25.8. The molecule has 0 radical (unpaired) electrons. The van der Waals surface area contributed by atoms with E-state index in [4.69, 9.17) is 0 Å². The maximum Gasteiger partial charge on any atom is 0.260 e. The van der Waals surface area contributed by atoms with Crippen LogP contribution in [-0.4, -0.2) is 42.0 Å². The van der Waals surface area contributed by atoms with Crippen molar-refractivity contribution in [1.82, 2.24) is 9.29 Å². The molecule has 17 heavy (non-hydrogen) atoms. The molecule has 0 aromatic carbocycles. The number of sulfonamides is 1. The van der Waals surface area contributed by atoms with Gasteiger partial charge >= 0.3 is 0 Å². The lowest BCUT2D eigenvalue weighted by Gasteiger charge is -2.20. The summed E-state index contributed by atoms with van der Waals surface area (Å²) in [6, 6.07) is 4.80. The van der Waals surface area contributed by atoms with Gasteiger partial charge in [-0.25, -0.2) is 13.4 Å². The molecule has 1 aromatic heterocycles. The Kier molecular flexibility index (Phi) is 3.76. The Bertz CT molecular complexity index is 461. The molecule has 0 saturated carbocycles. The zero-order valence-electron chi connectivity index (χ0n) is 9.49. The Labute approximate surface area is 101 Å². The van der Waals surface area contributed by atoms with Crippen LogP contribution in [0.2, 0.25) is 0 Å². The molecule has 0 spiro atoms.